The predicted octanol–water partition coefficient (Wildman–Crippen LogP) is 2.50. The Bertz CT molecular complexity index is 388. The molecule has 1 aromatic carbocycles. The van der Waals surface area contributed by atoms with Crippen LogP contribution in [0.2, 0.25) is 0 Å². The number of benzene rings is 1. The van der Waals surface area contributed by atoms with Gasteiger partial charge in [-0.3, -0.25) is 4.79 Å². The van der Waals surface area contributed by atoms with E-state index >= 15 is 0 Å². The van der Waals surface area contributed by atoms with Crippen LogP contribution in [-0.4, -0.2) is 19.6 Å². The van der Waals surface area contributed by atoms with Gasteiger partial charge >= 0.3 is 5.97 Å². The van der Waals surface area contributed by atoms with Crippen molar-refractivity contribution in [1.82, 2.24) is 0 Å². The number of methoxy groups -OCH3 is 1. The zero-order valence-electron chi connectivity index (χ0n) is 11.9. The Kier molecular flexibility index (Phi) is 5.83. The lowest BCUT2D eigenvalue weighted by Crippen LogP contribution is -2.38. The van der Waals surface area contributed by atoms with Crippen molar-refractivity contribution < 1.29 is 14.3 Å². The molecule has 19 heavy (non-hydrogen) atoms. The fourth-order valence-electron chi connectivity index (χ4n) is 1.93. The van der Waals surface area contributed by atoms with Crippen molar-refractivity contribution in [3.8, 4) is 5.75 Å². The molecule has 1 aromatic rings. The summed E-state index contributed by atoms with van der Waals surface area (Å²) in [5.74, 6) is 0.573. The molecular weight excluding hydrogens is 242 g/mol. The Hall–Kier alpha value is -1.55. The molecule has 2 N–H and O–H groups in total. The summed E-state index contributed by atoms with van der Waals surface area (Å²) in [5.41, 5.74) is 6.11. The molecule has 0 saturated heterocycles. The van der Waals surface area contributed by atoms with E-state index in [1.54, 1.807) is 7.11 Å². The van der Waals surface area contributed by atoms with Gasteiger partial charge in [0.15, 0.2) is 0 Å². The molecule has 0 amide bonds. The highest BCUT2D eigenvalue weighted by atomic mass is 16.5. The van der Waals surface area contributed by atoms with E-state index in [1.807, 2.05) is 38.1 Å². The van der Waals surface area contributed by atoms with Crippen LogP contribution < -0.4 is 10.5 Å². The molecule has 0 saturated carbocycles. The number of esters is 1. The zero-order chi connectivity index (χ0) is 14.3. The molecule has 0 atom stereocenters. The lowest BCUT2D eigenvalue weighted by molar-refractivity contribution is -0.157. The molecule has 0 bridgehead atoms. The van der Waals surface area contributed by atoms with Crippen LogP contribution in [0.4, 0.5) is 0 Å². The summed E-state index contributed by atoms with van der Waals surface area (Å²) in [6.07, 6.45) is 1.39. The lowest BCUT2D eigenvalue weighted by atomic mass is 9.82. The Labute approximate surface area is 114 Å². The van der Waals surface area contributed by atoms with Crippen LogP contribution in [0.15, 0.2) is 24.3 Å². The monoisotopic (exact) mass is 265 g/mol. The second kappa shape index (κ2) is 7.14. The van der Waals surface area contributed by atoms with E-state index in [0.29, 0.717) is 19.4 Å². The van der Waals surface area contributed by atoms with Crippen LogP contribution >= 0.6 is 0 Å². The number of hydrogen-bond donors (Lipinski definition) is 1. The largest absolute Gasteiger partial charge is 0.497 e. The predicted molar refractivity (Wildman–Crippen MR) is 74.9 cm³/mol. The Morgan fingerprint density at radius 1 is 1.21 bits per heavy atom. The van der Waals surface area contributed by atoms with Gasteiger partial charge in [-0.2, -0.15) is 0 Å². The molecule has 4 heteroatoms. The van der Waals surface area contributed by atoms with Gasteiger partial charge < -0.3 is 15.2 Å². The molecule has 0 radical (unpaired) electrons. The molecular formula is C15H23NO3. The van der Waals surface area contributed by atoms with Crippen LogP contribution in [0, 0.1) is 5.41 Å². The van der Waals surface area contributed by atoms with Crippen LogP contribution in [0.3, 0.4) is 0 Å². The minimum atomic E-state index is -0.549. The highest BCUT2D eigenvalue weighted by Gasteiger charge is 2.34. The Morgan fingerprint density at radius 3 is 2.21 bits per heavy atom. The van der Waals surface area contributed by atoms with Gasteiger partial charge in [-0.05, 0) is 30.5 Å². The summed E-state index contributed by atoms with van der Waals surface area (Å²) >= 11 is 0. The van der Waals surface area contributed by atoms with Gasteiger partial charge in [-0.1, -0.05) is 26.0 Å². The Morgan fingerprint density at radius 2 is 1.79 bits per heavy atom. The molecule has 1 rings (SSSR count). The molecule has 0 spiro atoms. The number of ether oxygens (including phenoxy) is 2. The fourth-order valence-corrected chi connectivity index (χ4v) is 1.93. The highest BCUT2D eigenvalue weighted by molar-refractivity contribution is 5.77. The maximum Gasteiger partial charge on any atom is 0.313 e. The quantitative estimate of drug-likeness (QED) is 0.769. The fraction of sp³-hybridized carbons (Fsp3) is 0.533. The van der Waals surface area contributed by atoms with Crippen LogP contribution in [0.1, 0.15) is 32.3 Å². The van der Waals surface area contributed by atoms with E-state index in [0.717, 1.165) is 11.3 Å². The van der Waals surface area contributed by atoms with Gasteiger partial charge in [0.1, 0.15) is 12.4 Å². The summed E-state index contributed by atoms with van der Waals surface area (Å²) in [5, 5.41) is 0. The van der Waals surface area contributed by atoms with Crippen LogP contribution in [0.5, 0.6) is 5.75 Å². The van der Waals surface area contributed by atoms with Crippen molar-refractivity contribution in [2.75, 3.05) is 13.7 Å². The van der Waals surface area contributed by atoms with Crippen molar-refractivity contribution in [3.05, 3.63) is 29.8 Å². The first-order valence-corrected chi connectivity index (χ1v) is 6.62. The molecule has 0 aromatic heterocycles. The van der Waals surface area contributed by atoms with Gasteiger partial charge in [0, 0.05) is 6.54 Å². The molecule has 0 heterocycles. The minimum absolute atomic E-state index is 0.212. The average Bonchev–Trinajstić information content (AvgIpc) is 2.48. The van der Waals surface area contributed by atoms with Crippen molar-refractivity contribution in [2.24, 2.45) is 11.1 Å². The van der Waals surface area contributed by atoms with Gasteiger partial charge in [-0.15, -0.1) is 0 Å². The van der Waals surface area contributed by atoms with Crippen LogP contribution in [-0.2, 0) is 16.1 Å². The van der Waals surface area contributed by atoms with E-state index in [9.17, 15) is 4.79 Å². The number of carbonyl (C=O) groups excluding carboxylic acids is 1. The van der Waals surface area contributed by atoms with Gasteiger partial charge in [-0.25, -0.2) is 0 Å². The van der Waals surface area contributed by atoms with E-state index in [4.69, 9.17) is 15.2 Å². The van der Waals surface area contributed by atoms with Gasteiger partial charge in [0.05, 0.1) is 12.5 Å². The van der Waals surface area contributed by atoms with Crippen molar-refractivity contribution >= 4 is 5.97 Å². The van der Waals surface area contributed by atoms with E-state index in [1.165, 1.54) is 0 Å². The van der Waals surface area contributed by atoms with Crippen LogP contribution in [0.25, 0.3) is 0 Å². The summed E-state index contributed by atoms with van der Waals surface area (Å²) in [6.45, 7) is 4.52. The summed E-state index contributed by atoms with van der Waals surface area (Å²) in [4.78, 5) is 12.1. The number of nitrogens with two attached hydrogens (primary N) is 1. The molecule has 0 aliphatic rings. The average molecular weight is 265 g/mol. The first-order chi connectivity index (χ1) is 9.11. The third-order valence-electron chi connectivity index (χ3n) is 3.71. The van der Waals surface area contributed by atoms with Crippen molar-refractivity contribution in [3.63, 3.8) is 0 Å². The van der Waals surface area contributed by atoms with Crippen molar-refractivity contribution in [2.45, 2.75) is 33.3 Å². The van der Waals surface area contributed by atoms with Gasteiger partial charge in [0.25, 0.3) is 0 Å². The maximum absolute atomic E-state index is 12.1. The first kappa shape index (κ1) is 15.5. The third kappa shape index (κ3) is 3.70. The van der Waals surface area contributed by atoms with Gasteiger partial charge in [0.2, 0.25) is 0 Å². The standard InChI is InChI=1S/C15H23NO3/c1-4-15(5-2,11-16)14(17)19-10-12-6-8-13(18-3)9-7-12/h6-9H,4-5,10-11,16H2,1-3H3. The number of carbonyl (C=O) groups is 1. The molecule has 0 aliphatic heterocycles. The highest BCUT2D eigenvalue weighted by Crippen LogP contribution is 2.27. The molecule has 0 fully saturated rings. The summed E-state index contributed by atoms with van der Waals surface area (Å²) < 4.78 is 10.5. The second-order valence-corrected chi connectivity index (χ2v) is 4.62. The topological polar surface area (TPSA) is 61.6 Å². The first-order valence-electron chi connectivity index (χ1n) is 6.62. The normalized spacial score (nSPS) is 11.2. The van der Waals surface area contributed by atoms with E-state index in [-0.39, 0.29) is 12.6 Å². The molecule has 4 nitrogen and oxygen atoms in total. The summed E-state index contributed by atoms with van der Waals surface area (Å²) in [7, 11) is 1.62. The van der Waals surface area contributed by atoms with E-state index < -0.39 is 5.41 Å². The van der Waals surface area contributed by atoms with E-state index in [2.05, 4.69) is 0 Å². The second-order valence-electron chi connectivity index (χ2n) is 4.62. The molecule has 0 unspecified atom stereocenters. The smallest absolute Gasteiger partial charge is 0.313 e. The van der Waals surface area contributed by atoms with Crippen molar-refractivity contribution in [1.29, 1.82) is 0 Å². The SMILES string of the molecule is CCC(CC)(CN)C(=O)OCc1ccc(OC)cc1. The minimum Gasteiger partial charge on any atom is -0.497 e. The number of rotatable bonds is 7. The Balaban J connectivity index is 2.62. The molecule has 106 valence electrons. The maximum atomic E-state index is 12.1. The number of hydrogen-bond acceptors (Lipinski definition) is 4. The zero-order valence-corrected chi connectivity index (χ0v) is 11.9. The summed E-state index contributed by atoms with van der Waals surface area (Å²) in [6, 6.07) is 7.46. The lowest BCUT2D eigenvalue weighted by Gasteiger charge is -2.27. The molecule has 0 aliphatic carbocycles. The third-order valence-corrected chi connectivity index (χ3v) is 3.71.